The first-order chi connectivity index (χ1) is 11.9. The maximum atomic E-state index is 12.2. The summed E-state index contributed by atoms with van der Waals surface area (Å²) < 4.78 is 30.1. The Kier molecular flexibility index (Phi) is 5.16. The number of H-pyrrole nitrogens is 1. The third kappa shape index (κ3) is 4.44. The molecule has 0 aliphatic carbocycles. The number of aromatic amines is 1. The SMILES string of the molecule is CS(=O)(=O)N1CCO[C@@H](CNC(=O)c2cc(-c3ccccc3)n[nH]2)C1. The Morgan fingerprint density at radius 3 is 2.88 bits per heavy atom. The van der Waals surface area contributed by atoms with Gasteiger partial charge in [0.05, 0.1) is 24.7 Å². The molecule has 0 spiro atoms. The van der Waals surface area contributed by atoms with Crippen molar-refractivity contribution in [2.75, 3.05) is 32.5 Å². The molecule has 2 N–H and O–H groups in total. The summed E-state index contributed by atoms with van der Waals surface area (Å²) in [6.45, 7) is 1.11. The van der Waals surface area contributed by atoms with Gasteiger partial charge in [0.1, 0.15) is 5.69 Å². The van der Waals surface area contributed by atoms with Crippen molar-refractivity contribution < 1.29 is 17.9 Å². The van der Waals surface area contributed by atoms with Gasteiger partial charge in [-0.2, -0.15) is 9.40 Å². The van der Waals surface area contributed by atoms with Gasteiger partial charge in [-0.15, -0.1) is 0 Å². The average molecular weight is 364 g/mol. The minimum absolute atomic E-state index is 0.227. The van der Waals surface area contributed by atoms with Crippen LogP contribution in [0.25, 0.3) is 11.3 Å². The highest BCUT2D eigenvalue weighted by Gasteiger charge is 2.26. The van der Waals surface area contributed by atoms with Gasteiger partial charge in [0.25, 0.3) is 5.91 Å². The molecule has 2 aromatic rings. The molecule has 8 nitrogen and oxygen atoms in total. The lowest BCUT2D eigenvalue weighted by atomic mass is 10.1. The number of hydrogen-bond acceptors (Lipinski definition) is 5. The Labute approximate surface area is 146 Å². The van der Waals surface area contributed by atoms with Gasteiger partial charge in [0, 0.05) is 25.2 Å². The molecule has 1 aromatic heterocycles. The molecule has 1 amide bonds. The fourth-order valence-electron chi connectivity index (χ4n) is 2.61. The van der Waals surface area contributed by atoms with Crippen LogP contribution in [0.4, 0.5) is 0 Å². The van der Waals surface area contributed by atoms with E-state index in [4.69, 9.17) is 4.74 Å². The van der Waals surface area contributed by atoms with Gasteiger partial charge < -0.3 is 10.1 Å². The molecular weight excluding hydrogens is 344 g/mol. The second-order valence-corrected chi connectivity index (χ2v) is 7.84. The molecule has 1 atom stereocenters. The molecule has 134 valence electrons. The molecule has 0 saturated carbocycles. The van der Waals surface area contributed by atoms with E-state index in [2.05, 4.69) is 15.5 Å². The van der Waals surface area contributed by atoms with E-state index in [1.807, 2.05) is 30.3 Å². The lowest BCUT2D eigenvalue weighted by Crippen LogP contribution is -2.49. The number of hydrogen-bond donors (Lipinski definition) is 2. The van der Waals surface area contributed by atoms with Crippen molar-refractivity contribution >= 4 is 15.9 Å². The Bertz CT molecular complexity index is 835. The highest BCUT2D eigenvalue weighted by atomic mass is 32.2. The maximum absolute atomic E-state index is 12.2. The number of sulfonamides is 1. The number of nitrogens with zero attached hydrogens (tertiary/aromatic N) is 2. The first kappa shape index (κ1) is 17.6. The molecule has 1 aliphatic rings. The van der Waals surface area contributed by atoms with Crippen LogP contribution in [-0.2, 0) is 14.8 Å². The summed E-state index contributed by atoms with van der Waals surface area (Å²) in [5.41, 5.74) is 1.94. The maximum Gasteiger partial charge on any atom is 0.269 e. The number of rotatable bonds is 5. The van der Waals surface area contributed by atoms with Crippen LogP contribution in [0.5, 0.6) is 0 Å². The van der Waals surface area contributed by atoms with Gasteiger partial charge in [0.2, 0.25) is 10.0 Å². The van der Waals surface area contributed by atoms with E-state index < -0.39 is 10.0 Å². The Hall–Kier alpha value is -2.23. The summed E-state index contributed by atoms with van der Waals surface area (Å²) in [6.07, 6.45) is 0.799. The van der Waals surface area contributed by atoms with Crippen LogP contribution in [0.2, 0.25) is 0 Å². The highest BCUT2D eigenvalue weighted by molar-refractivity contribution is 7.88. The van der Waals surface area contributed by atoms with Gasteiger partial charge in [-0.25, -0.2) is 8.42 Å². The first-order valence-electron chi connectivity index (χ1n) is 7.89. The molecule has 0 radical (unpaired) electrons. The molecule has 3 rings (SSSR count). The first-order valence-corrected chi connectivity index (χ1v) is 9.74. The Balaban J connectivity index is 1.57. The van der Waals surface area contributed by atoms with Crippen LogP contribution < -0.4 is 5.32 Å². The molecule has 0 bridgehead atoms. The van der Waals surface area contributed by atoms with Crippen molar-refractivity contribution in [1.29, 1.82) is 0 Å². The number of nitrogens with one attached hydrogen (secondary N) is 2. The molecule has 1 saturated heterocycles. The Morgan fingerprint density at radius 2 is 2.16 bits per heavy atom. The smallest absolute Gasteiger partial charge is 0.269 e. The van der Waals surface area contributed by atoms with E-state index in [9.17, 15) is 13.2 Å². The lowest BCUT2D eigenvalue weighted by molar-refractivity contribution is 0.000412. The number of ether oxygens (including phenoxy) is 1. The predicted octanol–water partition coefficient (Wildman–Crippen LogP) is 0.467. The standard InChI is InChI=1S/C16H20N4O4S/c1-25(22,23)20-7-8-24-13(11-20)10-17-16(21)15-9-14(18-19-15)12-5-3-2-4-6-12/h2-6,9,13H,7-8,10-11H2,1H3,(H,17,21)(H,18,19)/t13-/m0/s1. The van der Waals surface area contributed by atoms with E-state index in [1.165, 1.54) is 10.6 Å². The molecule has 0 unspecified atom stereocenters. The third-order valence-corrected chi connectivity index (χ3v) is 5.22. The fourth-order valence-corrected chi connectivity index (χ4v) is 3.46. The van der Waals surface area contributed by atoms with Crippen molar-refractivity contribution in [3.8, 4) is 11.3 Å². The van der Waals surface area contributed by atoms with Crippen LogP contribution >= 0.6 is 0 Å². The fraction of sp³-hybridized carbons (Fsp3) is 0.375. The molecule has 1 aromatic carbocycles. The summed E-state index contributed by atoms with van der Waals surface area (Å²) in [4.78, 5) is 12.2. The zero-order valence-corrected chi connectivity index (χ0v) is 14.6. The molecular formula is C16H20N4O4S. The number of carbonyl (C=O) groups is 1. The van der Waals surface area contributed by atoms with Crippen molar-refractivity contribution in [3.63, 3.8) is 0 Å². The van der Waals surface area contributed by atoms with Gasteiger partial charge in [-0.1, -0.05) is 30.3 Å². The summed E-state index contributed by atoms with van der Waals surface area (Å²) in [7, 11) is -3.25. The van der Waals surface area contributed by atoms with Crippen LogP contribution in [0.3, 0.4) is 0 Å². The van der Waals surface area contributed by atoms with E-state index in [0.717, 1.165) is 5.56 Å². The zero-order valence-electron chi connectivity index (χ0n) is 13.8. The number of benzene rings is 1. The lowest BCUT2D eigenvalue weighted by Gasteiger charge is -2.31. The second-order valence-electron chi connectivity index (χ2n) is 5.86. The largest absolute Gasteiger partial charge is 0.374 e. The van der Waals surface area contributed by atoms with Crippen LogP contribution in [0.1, 0.15) is 10.5 Å². The van der Waals surface area contributed by atoms with Gasteiger partial charge in [0.15, 0.2) is 0 Å². The zero-order chi connectivity index (χ0) is 17.9. The van der Waals surface area contributed by atoms with E-state index >= 15 is 0 Å². The van der Waals surface area contributed by atoms with Crippen LogP contribution in [-0.4, -0.2) is 67.4 Å². The second kappa shape index (κ2) is 7.34. The molecule has 9 heteroatoms. The van der Waals surface area contributed by atoms with Gasteiger partial charge >= 0.3 is 0 Å². The average Bonchev–Trinajstić information content (AvgIpc) is 3.10. The van der Waals surface area contributed by atoms with Crippen LogP contribution in [0, 0.1) is 0 Å². The number of aromatic nitrogens is 2. The predicted molar refractivity (Wildman–Crippen MR) is 92.5 cm³/mol. The minimum atomic E-state index is -3.25. The van der Waals surface area contributed by atoms with Crippen LogP contribution in [0.15, 0.2) is 36.4 Å². The Morgan fingerprint density at radius 1 is 1.40 bits per heavy atom. The monoisotopic (exact) mass is 364 g/mol. The van der Waals surface area contributed by atoms with Gasteiger partial charge in [-0.3, -0.25) is 9.89 Å². The number of morpholine rings is 1. The van der Waals surface area contributed by atoms with E-state index in [0.29, 0.717) is 24.5 Å². The number of carbonyl (C=O) groups excluding carboxylic acids is 1. The van der Waals surface area contributed by atoms with Crippen molar-refractivity contribution in [1.82, 2.24) is 19.8 Å². The van der Waals surface area contributed by atoms with E-state index in [-0.39, 0.29) is 25.1 Å². The summed E-state index contributed by atoms with van der Waals surface area (Å²) in [5, 5.41) is 9.61. The van der Waals surface area contributed by atoms with Crippen molar-refractivity contribution in [2.45, 2.75) is 6.10 Å². The highest BCUT2D eigenvalue weighted by Crippen LogP contribution is 2.16. The van der Waals surface area contributed by atoms with E-state index in [1.54, 1.807) is 6.07 Å². The summed E-state index contributed by atoms with van der Waals surface area (Å²) in [5.74, 6) is -0.310. The third-order valence-electron chi connectivity index (χ3n) is 3.95. The summed E-state index contributed by atoms with van der Waals surface area (Å²) in [6, 6.07) is 11.2. The normalized spacial score (nSPS) is 18.8. The van der Waals surface area contributed by atoms with Crippen molar-refractivity contribution in [3.05, 3.63) is 42.1 Å². The molecule has 1 aliphatic heterocycles. The van der Waals surface area contributed by atoms with Crippen molar-refractivity contribution in [2.24, 2.45) is 0 Å². The molecule has 2 heterocycles. The topological polar surface area (TPSA) is 104 Å². The molecule has 1 fully saturated rings. The minimum Gasteiger partial charge on any atom is -0.374 e. The summed E-state index contributed by atoms with van der Waals surface area (Å²) >= 11 is 0. The number of amides is 1. The molecule has 25 heavy (non-hydrogen) atoms. The van der Waals surface area contributed by atoms with Gasteiger partial charge in [-0.05, 0) is 6.07 Å². The quantitative estimate of drug-likeness (QED) is 0.802.